The highest BCUT2D eigenvalue weighted by Crippen LogP contribution is 2.31. The summed E-state index contributed by atoms with van der Waals surface area (Å²) >= 11 is 0. The van der Waals surface area contributed by atoms with Crippen molar-refractivity contribution in [1.82, 2.24) is 0 Å². The first-order valence-electron chi connectivity index (χ1n) is 7.37. The lowest BCUT2D eigenvalue weighted by Crippen LogP contribution is -2.35. The van der Waals surface area contributed by atoms with E-state index in [1.807, 2.05) is 20.8 Å². The summed E-state index contributed by atoms with van der Waals surface area (Å²) in [6.45, 7) is 9.22. The second-order valence-electron chi connectivity index (χ2n) is 6.12. The highest BCUT2D eigenvalue weighted by atomic mass is 16.1. The van der Waals surface area contributed by atoms with Crippen molar-refractivity contribution in [2.75, 3.05) is 0 Å². The molecule has 21 heavy (non-hydrogen) atoms. The van der Waals surface area contributed by atoms with Gasteiger partial charge in [0.2, 0.25) is 0 Å². The monoisotopic (exact) mass is 290 g/mol. The van der Waals surface area contributed by atoms with E-state index in [1.165, 1.54) is 0 Å². The van der Waals surface area contributed by atoms with Crippen LogP contribution in [-0.4, -0.2) is 17.6 Å². The number of carbonyl (C=O) groups excluding carboxylic acids is 2. The summed E-state index contributed by atoms with van der Waals surface area (Å²) in [5, 5.41) is 0. The minimum absolute atomic E-state index is 0.00303. The van der Waals surface area contributed by atoms with Crippen molar-refractivity contribution >= 4 is 11.6 Å². The van der Waals surface area contributed by atoms with Crippen LogP contribution in [-0.2, 0) is 9.59 Å². The lowest BCUT2D eigenvalue weighted by Gasteiger charge is -2.27. The molecule has 0 saturated carbocycles. The Balaban J connectivity index is 3.25. The van der Waals surface area contributed by atoms with Gasteiger partial charge in [0.05, 0.1) is 5.92 Å². The van der Waals surface area contributed by atoms with Gasteiger partial charge >= 0.3 is 0 Å². The van der Waals surface area contributed by atoms with Gasteiger partial charge in [-0.25, -0.2) is 0 Å². The number of hydrogen-bond donors (Lipinski definition) is 2. The van der Waals surface area contributed by atoms with Crippen LogP contribution in [0.3, 0.4) is 0 Å². The molecule has 0 aromatic carbocycles. The minimum Gasteiger partial charge on any atom is -0.402 e. The van der Waals surface area contributed by atoms with Crippen molar-refractivity contribution in [3.63, 3.8) is 0 Å². The molecule has 0 bridgehead atoms. The van der Waals surface area contributed by atoms with Crippen LogP contribution in [0.5, 0.6) is 0 Å². The zero-order valence-corrected chi connectivity index (χ0v) is 13.5. The van der Waals surface area contributed by atoms with E-state index >= 15 is 0 Å². The third kappa shape index (κ3) is 3.91. The number of hydrogen-bond acceptors (Lipinski definition) is 4. The number of rotatable bonds is 4. The Labute approximate surface area is 127 Å². The minimum atomic E-state index is -0.490. The average Bonchev–Trinajstić information content (AvgIpc) is 2.40. The molecule has 0 aromatic heterocycles. The Kier molecular flexibility index (Phi) is 5.67. The average molecular weight is 290 g/mol. The van der Waals surface area contributed by atoms with Gasteiger partial charge in [0.25, 0.3) is 0 Å². The lowest BCUT2D eigenvalue weighted by atomic mass is 9.74. The van der Waals surface area contributed by atoms with Crippen molar-refractivity contribution in [3.05, 3.63) is 35.1 Å². The van der Waals surface area contributed by atoms with Crippen molar-refractivity contribution < 1.29 is 9.59 Å². The first kappa shape index (κ1) is 17.4. The summed E-state index contributed by atoms with van der Waals surface area (Å²) in [6, 6.07) is -0.165. The molecule has 0 heterocycles. The van der Waals surface area contributed by atoms with Gasteiger partial charge in [0.1, 0.15) is 0 Å². The molecule has 0 fully saturated rings. The van der Waals surface area contributed by atoms with Crippen LogP contribution in [0.2, 0.25) is 0 Å². The van der Waals surface area contributed by atoms with Gasteiger partial charge in [-0.05, 0) is 19.8 Å². The van der Waals surface area contributed by atoms with Crippen LogP contribution >= 0.6 is 0 Å². The normalized spacial score (nSPS) is 26.1. The van der Waals surface area contributed by atoms with E-state index in [2.05, 4.69) is 0 Å². The molecule has 0 amide bonds. The molecule has 1 aliphatic rings. The number of nitrogens with two attached hydrogens (primary N) is 2. The quantitative estimate of drug-likeness (QED) is 0.830. The van der Waals surface area contributed by atoms with E-state index in [9.17, 15) is 9.59 Å². The second-order valence-corrected chi connectivity index (χ2v) is 6.12. The molecular weight excluding hydrogens is 264 g/mol. The van der Waals surface area contributed by atoms with Crippen LogP contribution < -0.4 is 11.5 Å². The van der Waals surface area contributed by atoms with Crippen LogP contribution in [0.15, 0.2) is 35.1 Å². The summed E-state index contributed by atoms with van der Waals surface area (Å²) in [6.07, 6.45) is 5.13. The van der Waals surface area contributed by atoms with Gasteiger partial charge in [0.15, 0.2) is 11.6 Å². The van der Waals surface area contributed by atoms with Crippen LogP contribution in [0, 0.1) is 17.8 Å². The maximum absolute atomic E-state index is 12.7. The van der Waals surface area contributed by atoms with Gasteiger partial charge < -0.3 is 11.5 Å². The van der Waals surface area contributed by atoms with Gasteiger partial charge in [-0.3, -0.25) is 9.59 Å². The van der Waals surface area contributed by atoms with Crippen molar-refractivity contribution in [3.8, 4) is 0 Å². The molecule has 1 rings (SSSR count). The molecular formula is C17H26N2O2. The maximum Gasteiger partial charge on any atom is 0.170 e. The number of carbonyl (C=O) groups is 2. The summed E-state index contributed by atoms with van der Waals surface area (Å²) in [7, 11) is 0. The van der Waals surface area contributed by atoms with E-state index < -0.39 is 5.92 Å². The summed E-state index contributed by atoms with van der Waals surface area (Å²) < 4.78 is 0. The highest BCUT2D eigenvalue weighted by molar-refractivity contribution is 6.15. The maximum atomic E-state index is 12.7. The predicted octanol–water partition coefficient (Wildman–Crippen LogP) is 2.11. The van der Waals surface area contributed by atoms with Crippen LogP contribution in [0.1, 0.15) is 34.6 Å². The number of Topliss-reactive ketones (excluding diaryl/α,β-unsaturated/α-hetero) is 2. The Hall–Kier alpha value is -1.68. The summed E-state index contributed by atoms with van der Waals surface area (Å²) in [4.78, 5) is 25.0. The molecule has 0 aromatic rings. The fourth-order valence-corrected chi connectivity index (χ4v) is 2.30. The molecule has 1 aliphatic carbocycles. The Morgan fingerprint density at radius 2 is 1.76 bits per heavy atom. The summed E-state index contributed by atoms with van der Waals surface area (Å²) in [5.74, 6) is -0.773. The third-order valence-corrected chi connectivity index (χ3v) is 3.90. The molecule has 0 spiro atoms. The first-order valence-corrected chi connectivity index (χ1v) is 7.37. The molecule has 4 N–H and O–H groups in total. The smallest absolute Gasteiger partial charge is 0.170 e. The van der Waals surface area contributed by atoms with Crippen molar-refractivity contribution in [2.24, 2.45) is 29.2 Å². The summed E-state index contributed by atoms with van der Waals surface area (Å²) in [5.41, 5.74) is 13.2. The van der Waals surface area contributed by atoms with Gasteiger partial charge in [-0.15, -0.1) is 0 Å². The molecule has 116 valence electrons. The zero-order valence-electron chi connectivity index (χ0n) is 13.5. The molecule has 0 radical (unpaired) electrons. The van der Waals surface area contributed by atoms with Gasteiger partial charge in [0, 0.05) is 28.8 Å². The topological polar surface area (TPSA) is 86.2 Å². The SMILES string of the molecule is CC1=C(/C=C\C(C)N)C(=O)C(/C=C(/N)C(C)C)C(C)C1=O. The predicted molar refractivity (Wildman–Crippen MR) is 85.3 cm³/mol. The fourth-order valence-electron chi connectivity index (χ4n) is 2.30. The molecule has 3 atom stereocenters. The van der Waals surface area contributed by atoms with E-state index in [0.717, 1.165) is 0 Å². The highest BCUT2D eigenvalue weighted by Gasteiger charge is 2.37. The first-order chi connectivity index (χ1) is 9.66. The Morgan fingerprint density at radius 3 is 2.24 bits per heavy atom. The zero-order chi connectivity index (χ0) is 16.3. The standard InChI is InChI=1S/C17H26N2O2/c1-9(2)15(19)8-14-12(5)16(20)11(4)13(17(14)21)7-6-10(3)18/h6-10,12,14H,18-19H2,1-5H3/b7-6-,15-8+. The number of allylic oxidation sites excluding steroid dienone is 5. The lowest BCUT2D eigenvalue weighted by molar-refractivity contribution is -0.128. The Bertz CT molecular complexity index is 525. The van der Waals surface area contributed by atoms with Gasteiger partial charge in [-0.1, -0.05) is 39.0 Å². The van der Waals surface area contributed by atoms with E-state index in [-0.39, 0.29) is 29.4 Å². The largest absolute Gasteiger partial charge is 0.402 e. The third-order valence-electron chi connectivity index (χ3n) is 3.90. The van der Waals surface area contributed by atoms with E-state index in [1.54, 1.807) is 32.1 Å². The van der Waals surface area contributed by atoms with Crippen LogP contribution in [0.25, 0.3) is 0 Å². The van der Waals surface area contributed by atoms with E-state index in [0.29, 0.717) is 16.8 Å². The molecule has 0 saturated heterocycles. The number of ketones is 2. The second kappa shape index (κ2) is 6.85. The molecule has 3 unspecified atom stereocenters. The van der Waals surface area contributed by atoms with Gasteiger partial charge in [-0.2, -0.15) is 0 Å². The van der Waals surface area contributed by atoms with E-state index in [4.69, 9.17) is 11.5 Å². The Morgan fingerprint density at radius 1 is 1.19 bits per heavy atom. The van der Waals surface area contributed by atoms with Crippen molar-refractivity contribution in [1.29, 1.82) is 0 Å². The fraction of sp³-hybridized carbons (Fsp3) is 0.529. The van der Waals surface area contributed by atoms with Crippen molar-refractivity contribution in [2.45, 2.75) is 40.7 Å². The molecule has 0 aliphatic heterocycles. The molecule has 4 heteroatoms. The van der Waals surface area contributed by atoms with Crippen LogP contribution in [0.4, 0.5) is 0 Å². The molecule has 4 nitrogen and oxygen atoms in total.